The standard InChI is InChI=1S/C13H13FN2O3/c1-7-6-8(4-5-9(7)19-3)11-10(13(17)18)12(14)16(2)15-11/h4-6H,1-3H3,(H,17,18). The molecule has 0 bridgehead atoms. The van der Waals surface area contributed by atoms with Gasteiger partial charge in [0, 0.05) is 12.6 Å². The van der Waals surface area contributed by atoms with Crippen LogP contribution in [-0.2, 0) is 7.05 Å². The van der Waals surface area contributed by atoms with E-state index in [1.807, 2.05) is 6.92 Å². The number of methoxy groups -OCH3 is 1. The number of aromatic carboxylic acids is 1. The van der Waals surface area contributed by atoms with Crippen LogP contribution in [0.25, 0.3) is 11.3 Å². The lowest BCUT2D eigenvalue weighted by Crippen LogP contribution is -2.02. The molecular formula is C13H13FN2O3. The van der Waals surface area contributed by atoms with E-state index in [4.69, 9.17) is 9.84 Å². The number of hydrogen-bond donors (Lipinski definition) is 1. The summed E-state index contributed by atoms with van der Waals surface area (Å²) in [5.41, 5.74) is 1.04. The van der Waals surface area contributed by atoms with Crippen molar-refractivity contribution in [1.29, 1.82) is 0 Å². The number of halogens is 1. The molecule has 0 saturated heterocycles. The Labute approximate surface area is 109 Å². The third kappa shape index (κ3) is 2.16. The topological polar surface area (TPSA) is 64.4 Å². The van der Waals surface area contributed by atoms with E-state index in [-0.39, 0.29) is 5.69 Å². The van der Waals surface area contributed by atoms with Gasteiger partial charge in [-0.15, -0.1) is 0 Å². The summed E-state index contributed by atoms with van der Waals surface area (Å²) < 4.78 is 19.7. The van der Waals surface area contributed by atoms with Gasteiger partial charge in [0.1, 0.15) is 17.0 Å². The Bertz CT molecular complexity index is 650. The molecule has 0 aliphatic heterocycles. The van der Waals surface area contributed by atoms with Gasteiger partial charge in [-0.3, -0.25) is 0 Å². The van der Waals surface area contributed by atoms with Crippen LogP contribution >= 0.6 is 0 Å². The molecule has 100 valence electrons. The highest BCUT2D eigenvalue weighted by Crippen LogP contribution is 2.28. The number of carboxylic acids is 1. The lowest BCUT2D eigenvalue weighted by Gasteiger charge is -2.06. The summed E-state index contributed by atoms with van der Waals surface area (Å²) in [5, 5.41) is 13.0. The minimum Gasteiger partial charge on any atom is -0.496 e. The normalized spacial score (nSPS) is 10.5. The number of nitrogens with zero attached hydrogens (tertiary/aromatic N) is 2. The zero-order valence-corrected chi connectivity index (χ0v) is 10.8. The van der Waals surface area contributed by atoms with Crippen LogP contribution in [0.1, 0.15) is 15.9 Å². The predicted molar refractivity (Wildman–Crippen MR) is 66.9 cm³/mol. The van der Waals surface area contributed by atoms with E-state index < -0.39 is 17.5 Å². The minimum atomic E-state index is -1.34. The van der Waals surface area contributed by atoms with E-state index in [1.54, 1.807) is 25.3 Å². The van der Waals surface area contributed by atoms with Crippen LogP contribution in [0.2, 0.25) is 0 Å². The second kappa shape index (κ2) is 4.72. The smallest absolute Gasteiger partial charge is 0.342 e. The number of carboxylic acid groups (broad SMARTS) is 1. The molecule has 1 N–H and O–H groups in total. The zero-order chi connectivity index (χ0) is 14.2. The molecule has 2 rings (SSSR count). The van der Waals surface area contributed by atoms with Crippen LogP contribution in [0.5, 0.6) is 5.75 Å². The van der Waals surface area contributed by atoms with Gasteiger partial charge in [0.05, 0.1) is 7.11 Å². The number of rotatable bonds is 3. The second-order valence-corrected chi connectivity index (χ2v) is 4.13. The van der Waals surface area contributed by atoms with Crippen LogP contribution in [0.4, 0.5) is 4.39 Å². The number of aromatic nitrogens is 2. The molecule has 1 aromatic carbocycles. The van der Waals surface area contributed by atoms with Gasteiger partial charge in [-0.2, -0.15) is 9.49 Å². The molecule has 0 fully saturated rings. The van der Waals surface area contributed by atoms with Crippen molar-refractivity contribution in [2.75, 3.05) is 7.11 Å². The molecule has 19 heavy (non-hydrogen) atoms. The maximum Gasteiger partial charge on any atom is 0.342 e. The van der Waals surface area contributed by atoms with E-state index >= 15 is 0 Å². The molecule has 0 saturated carbocycles. The Morgan fingerprint density at radius 3 is 2.68 bits per heavy atom. The van der Waals surface area contributed by atoms with Gasteiger partial charge in [0.25, 0.3) is 0 Å². The SMILES string of the molecule is COc1ccc(-c2nn(C)c(F)c2C(=O)O)cc1C. The number of hydrogen-bond acceptors (Lipinski definition) is 3. The summed E-state index contributed by atoms with van der Waals surface area (Å²) in [6, 6.07) is 5.07. The fraction of sp³-hybridized carbons (Fsp3) is 0.231. The summed E-state index contributed by atoms with van der Waals surface area (Å²) in [5.74, 6) is -1.53. The van der Waals surface area contributed by atoms with Gasteiger partial charge >= 0.3 is 5.97 Å². The van der Waals surface area contributed by atoms with Gasteiger partial charge in [-0.25, -0.2) is 9.48 Å². The summed E-state index contributed by atoms with van der Waals surface area (Å²) in [6.45, 7) is 1.82. The molecule has 0 spiro atoms. The lowest BCUT2D eigenvalue weighted by molar-refractivity contribution is 0.0692. The summed E-state index contributed by atoms with van der Waals surface area (Å²) in [7, 11) is 2.91. The first-order valence-corrected chi connectivity index (χ1v) is 5.56. The van der Waals surface area contributed by atoms with Gasteiger partial charge in [0.15, 0.2) is 0 Å². The molecule has 0 amide bonds. The van der Waals surface area contributed by atoms with Crippen LogP contribution in [-0.4, -0.2) is 28.0 Å². The third-order valence-corrected chi connectivity index (χ3v) is 2.86. The highest BCUT2D eigenvalue weighted by molar-refractivity contribution is 5.95. The van der Waals surface area contributed by atoms with Crippen molar-refractivity contribution in [2.45, 2.75) is 6.92 Å². The predicted octanol–water partition coefficient (Wildman–Crippen LogP) is 2.24. The van der Waals surface area contributed by atoms with Gasteiger partial charge in [0.2, 0.25) is 5.95 Å². The summed E-state index contributed by atoms with van der Waals surface area (Å²) >= 11 is 0. The molecule has 1 heterocycles. The van der Waals surface area contributed by atoms with Crippen molar-refractivity contribution in [1.82, 2.24) is 9.78 Å². The third-order valence-electron chi connectivity index (χ3n) is 2.86. The van der Waals surface area contributed by atoms with Crippen LogP contribution in [0, 0.1) is 12.9 Å². The number of aryl methyl sites for hydroxylation is 2. The Balaban J connectivity index is 2.62. The molecular weight excluding hydrogens is 251 g/mol. The molecule has 0 radical (unpaired) electrons. The molecule has 0 aliphatic rings. The first-order valence-electron chi connectivity index (χ1n) is 5.56. The first-order chi connectivity index (χ1) is 8.95. The minimum absolute atomic E-state index is 0.109. The van der Waals surface area contributed by atoms with Crippen molar-refractivity contribution in [3.63, 3.8) is 0 Å². The Morgan fingerprint density at radius 1 is 1.47 bits per heavy atom. The van der Waals surface area contributed by atoms with Crippen LogP contribution in [0.3, 0.4) is 0 Å². The first kappa shape index (κ1) is 13.1. The summed E-state index contributed by atoms with van der Waals surface area (Å²) in [4.78, 5) is 11.1. The maximum absolute atomic E-state index is 13.7. The van der Waals surface area contributed by atoms with Crippen molar-refractivity contribution in [3.05, 3.63) is 35.3 Å². The van der Waals surface area contributed by atoms with Crippen molar-refractivity contribution in [3.8, 4) is 17.0 Å². The molecule has 2 aromatic rings. The monoisotopic (exact) mass is 264 g/mol. The van der Waals surface area contributed by atoms with Crippen LogP contribution in [0.15, 0.2) is 18.2 Å². The number of carbonyl (C=O) groups is 1. The fourth-order valence-corrected chi connectivity index (χ4v) is 1.92. The zero-order valence-electron chi connectivity index (χ0n) is 10.8. The van der Waals surface area contributed by atoms with Crippen molar-refractivity contribution < 1.29 is 19.0 Å². The van der Waals surface area contributed by atoms with E-state index in [0.717, 1.165) is 10.2 Å². The average Bonchev–Trinajstić information content (AvgIpc) is 2.66. The average molecular weight is 264 g/mol. The summed E-state index contributed by atoms with van der Waals surface area (Å²) in [6.07, 6.45) is 0. The highest BCUT2D eigenvalue weighted by Gasteiger charge is 2.23. The fourth-order valence-electron chi connectivity index (χ4n) is 1.92. The molecule has 0 unspecified atom stereocenters. The lowest BCUT2D eigenvalue weighted by atomic mass is 10.0. The largest absolute Gasteiger partial charge is 0.496 e. The number of benzene rings is 1. The Kier molecular flexibility index (Phi) is 3.25. The molecule has 0 atom stereocenters. The second-order valence-electron chi connectivity index (χ2n) is 4.13. The van der Waals surface area contributed by atoms with E-state index in [1.165, 1.54) is 7.05 Å². The molecule has 5 nitrogen and oxygen atoms in total. The van der Waals surface area contributed by atoms with Crippen molar-refractivity contribution in [2.24, 2.45) is 7.05 Å². The van der Waals surface area contributed by atoms with Gasteiger partial charge in [-0.1, -0.05) is 0 Å². The van der Waals surface area contributed by atoms with E-state index in [2.05, 4.69) is 5.10 Å². The number of ether oxygens (including phenoxy) is 1. The quantitative estimate of drug-likeness (QED) is 0.923. The molecule has 6 heteroatoms. The maximum atomic E-state index is 13.7. The highest BCUT2D eigenvalue weighted by atomic mass is 19.1. The van der Waals surface area contributed by atoms with E-state index in [0.29, 0.717) is 11.3 Å². The molecule has 1 aromatic heterocycles. The van der Waals surface area contributed by atoms with Gasteiger partial charge < -0.3 is 9.84 Å². The Morgan fingerprint density at radius 2 is 2.16 bits per heavy atom. The van der Waals surface area contributed by atoms with Crippen LogP contribution < -0.4 is 4.74 Å². The van der Waals surface area contributed by atoms with E-state index in [9.17, 15) is 9.18 Å². The Hall–Kier alpha value is -2.37. The van der Waals surface area contributed by atoms with Gasteiger partial charge in [-0.05, 0) is 30.7 Å². The van der Waals surface area contributed by atoms with Crippen molar-refractivity contribution >= 4 is 5.97 Å². The molecule has 0 aliphatic carbocycles.